The molecule has 4 rings (SSSR count). The highest BCUT2D eigenvalue weighted by atomic mass is 35.5. The Labute approximate surface area is 159 Å². The van der Waals surface area contributed by atoms with Crippen LogP contribution in [0.15, 0.2) is 53.9 Å². The highest BCUT2D eigenvalue weighted by molar-refractivity contribution is 7.14. The summed E-state index contributed by atoms with van der Waals surface area (Å²) in [5.41, 5.74) is 2.90. The second-order valence-electron chi connectivity index (χ2n) is 5.83. The molecule has 0 fully saturated rings. The van der Waals surface area contributed by atoms with E-state index in [1.54, 1.807) is 34.5 Å². The molecular formula is C19H14ClN3O2S. The molecule has 0 aliphatic carbocycles. The van der Waals surface area contributed by atoms with Gasteiger partial charge in [0.15, 0.2) is 5.13 Å². The van der Waals surface area contributed by atoms with Crippen molar-refractivity contribution in [2.75, 3.05) is 16.8 Å². The van der Waals surface area contributed by atoms with Gasteiger partial charge >= 0.3 is 0 Å². The lowest BCUT2D eigenvalue weighted by Crippen LogP contribution is -2.29. The molecule has 5 nitrogen and oxygen atoms in total. The second kappa shape index (κ2) is 6.90. The molecule has 0 radical (unpaired) electrons. The molecule has 0 saturated carbocycles. The van der Waals surface area contributed by atoms with Gasteiger partial charge in [0.25, 0.3) is 11.8 Å². The molecule has 2 heterocycles. The zero-order valence-corrected chi connectivity index (χ0v) is 15.2. The van der Waals surface area contributed by atoms with Crippen LogP contribution in [0, 0.1) is 0 Å². The van der Waals surface area contributed by atoms with Crippen LogP contribution in [-0.2, 0) is 6.42 Å². The molecule has 130 valence electrons. The Morgan fingerprint density at radius 1 is 1.12 bits per heavy atom. The molecule has 0 unspecified atom stereocenters. The smallest absolute Gasteiger partial charge is 0.277 e. The number of nitrogens with one attached hydrogen (secondary N) is 1. The Morgan fingerprint density at radius 3 is 2.69 bits per heavy atom. The summed E-state index contributed by atoms with van der Waals surface area (Å²) in [6.07, 6.45) is 0.839. The number of nitrogens with zero attached hydrogens (tertiary/aromatic N) is 2. The molecule has 3 aromatic rings. The van der Waals surface area contributed by atoms with Gasteiger partial charge in [0.05, 0.1) is 0 Å². The minimum absolute atomic E-state index is 0.154. The molecule has 0 bridgehead atoms. The Balaban J connectivity index is 1.49. The molecule has 26 heavy (non-hydrogen) atoms. The van der Waals surface area contributed by atoms with Crippen LogP contribution in [0.2, 0.25) is 5.02 Å². The fraction of sp³-hybridized carbons (Fsp3) is 0.105. The summed E-state index contributed by atoms with van der Waals surface area (Å²) in [5, 5.41) is 5.34. The third-order valence-corrected chi connectivity index (χ3v) is 5.19. The van der Waals surface area contributed by atoms with E-state index in [4.69, 9.17) is 11.6 Å². The first-order chi connectivity index (χ1) is 12.6. The lowest BCUT2D eigenvalue weighted by atomic mass is 10.2. The van der Waals surface area contributed by atoms with Gasteiger partial charge in [0, 0.05) is 28.2 Å². The molecule has 1 aliphatic rings. The third-order valence-electron chi connectivity index (χ3n) is 4.18. The van der Waals surface area contributed by atoms with E-state index in [1.807, 2.05) is 24.3 Å². The van der Waals surface area contributed by atoms with E-state index in [2.05, 4.69) is 10.3 Å². The lowest BCUT2D eigenvalue weighted by molar-refractivity contribution is 0.0982. The van der Waals surface area contributed by atoms with Gasteiger partial charge in [-0.1, -0.05) is 29.8 Å². The van der Waals surface area contributed by atoms with Gasteiger partial charge < -0.3 is 4.90 Å². The first-order valence-corrected chi connectivity index (χ1v) is 9.30. The topological polar surface area (TPSA) is 62.3 Å². The Morgan fingerprint density at radius 2 is 1.88 bits per heavy atom. The summed E-state index contributed by atoms with van der Waals surface area (Å²) in [4.78, 5) is 31.0. The summed E-state index contributed by atoms with van der Waals surface area (Å²) in [6, 6.07) is 14.4. The van der Waals surface area contributed by atoms with Gasteiger partial charge in [-0.2, -0.15) is 0 Å². The molecule has 1 aromatic heterocycles. The third kappa shape index (κ3) is 3.21. The van der Waals surface area contributed by atoms with Gasteiger partial charge in [0.1, 0.15) is 5.69 Å². The Kier molecular flexibility index (Phi) is 4.44. The number of aromatic nitrogens is 1. The van der Waals surface area contributed by atoms with E-state index < -0.39 is 0 Å². The van der Waals surface area contributed by atoms with Crippen molar-refractivity contribution in [3.05, 3.63) is 75.8 Å². The molecule has 1 N–H and O–H groups in total. The second-order valence-corrected chi connectivity index (χ2v) is 7.13. The number of carbonyl (C=O) groups excluding carboxylic acids is 2. The highest BCUT2D eigenvalue weighted by Crippen LogP contribution is 2.29. The predicted octanol–water partition coefficient (Wildman–Crippen LogP) is 4.25. The molecule has 0 spiro atoms. The van der Waals surface area contributed by atoms with Crippen molar-refractivity contribution in [3.63, 3.8) is 0 Å². The van der Waals surface area contributed by atoms with Crippen molar-refractivity contribution >= 4 is 45.6 Å². The zero-order valence-electron chi connectivity index (χ0n) is 13.6. The number of halogens is 1. The number of anilines is 2. The zero-order chi connectivity index (χ0) is 18.1. The summed E-state index contributed by atoms with van der Waals surface area (Å²) in [5.74, 6) is -0.445. The van der Waals surface area contributed by atoms with Gasteiger partial charge in [-0.3, -0.25) is 14.9 Å². The molecular weight excluding hydrogens is 370 g/mol. The maximum absolute atomic E-state index is 12.8. The minimum Gasteiger partial charge on any atom is -0.306 e. The Bertz CT molecular complexity index is 984. The number of hydrogen-bond acceptors (Lipinski definition) is 4. The Hall–Kier alpha value is -2.70. The van der Waals surface area contributed by atoms with Gasteiger partial charge in [-0.25, -0.2) is 4.98 Å². The molecule has 2 amide bonds. The van der Waals surface area contributed by atoms with Crippen molar-refractivity contribution < 1.29 is 9.59 Å². The molecule has 1 aliphatic heterocycles. The average Bonchev–Trinajstić information content (AvgIpc) is 3.28. The summed E-state index contributed by atoms with van der Waals surface area (Å²) in [6.45, 7) is 0.641. The van der Waals surface area contributed by atoms with Crippen LogP contribution in [-0.4, -0.2) is 23.3 Å². The molecule has 7 heteroatoms. The number of para-hydroxylation sites is 1. The van der Waals surface area contributed by atoms with E-state index in [1.165, 1.54) is 11.3 Å². The summed E-state index contributed by atoms with van der Waals surface area (Å²) >= 11 is 7.06. The number of fused-ring (bicyclic) bond motifs is 1. The first kappa shape index (κ1) is 16.8. The van der Waals surface area contributed by atoms with Crippen molar-refractivity contribution in [1.82, 2.24) is 4.98 Å². The van der Waals surface area contributed by atoms with E-state index in [9.17, 15) is 9.59 Å². The van der Waals surface area contributed by atoms with Crippen molar-refractivity contribution in [2.24, 2.45) is 0 Å². The van der Waals surface area contributed by atoms with Crippen LogP contribution in [0.25, 0.3) is 0 Å². The standard InChI is InChI=1S/C19H14ClN3O2S/c20-14-7-5-13(6-8-14)17(24)22-19-21-15(11-26-19)18(25)23-10-9-12-3-1-2-4-16(12)23/h1-8,11H,9-10H2,(H,21,22,24). The fourth-order valence-electron chi connectivity index (χ4n) is 2.89. The number of rotatable bonds is 3. The SMILES string of the molecule is O=C(Nc1nc(C(=O)N2CCc3ccccc32)cs1)c1ccc(Cl)cc1. The van der Waals surface area contributed by atoms with Crippen molar-refractivity contribution in [1.29, 1.82) is 0 Å². The van der Waals surface area contributed by atoms with Crippen LogP contribution < -0.4 is 10.2 Å². The van der Waals surface area contributed by atoms with Crippen LogP contribution >= 0.6 is 22.9 Å². The number of benzene rings is 2. The molecule has 0 saturated heterocycles. The number of amides is 2. The fourth-order valence-corrected chi connectivity index (χ4v) is 3.69. The molecule has 0 atom stereocenters. The van der Waals surface area contributed by atoms with Gasteiger partial charge in [0.2, 0.25) is 0 Å². The van der Waals surface area contributed by atoms with E-state index in [0.29, 0.717) is 28.0 Å². The van der Waals surface area contributed by atoms with Crippen LogP contribution in [0.1, 0.15) is 26.4 Å². The number of carbonyl (C=O) groups is 2. The average molecular weight is 384 g/mol. The monoisotopic (exact) mass is 383 g/mol. The number of hydrogen-bond donors (Lipinski definition) is 1. The van der Waals surface area contributed by atoms with Crippen LogP contribution in [0.3, 0.4) is 0 Å². The highest BCUT2D eigenvalue weighted by Gasteiger charge is 2.26. The van der Waals surface area contributed by atoms with Gasteiger partial charge in [-0.05, 0) is 42.3 Å². The van der Waals surface area contributed by atoms with E-state index >= 15 is 0 Å². The molecule has 2 aromatic carbocycles. The van der Waals surface area contributed by atoms with E-state index in [0.717, 1.165) is 17.7 Å². The summed E-state index contributed by atoms with van der Waals surface area (Å²) in [7, 11) is 0. The summed E-state index contributed by atoms with van der Waals surface area (Å²) < 4.78 is 0. The maximum Gasteiger partial charge on any atom is 0.277 e. The van der Waals surface area contributed by atoms with Crippen molar-refractivity contribution in [2.45, 2.75) is 6.42 Å². The minimum atomic E-state index is -0.290. The maximum atomic E-state index is 12.8. The first-order valence-electron chi connectivity index (χ1n) is 8.04. The quantitative estimate of drug-likeness (QED) is 0.735. The van der Waals surface area contributed by atoms with Crippen LogP contribution in [0.4, 0.5) is 10.8 Å². The van der Waals surface area contributed by atoms with E-state index in [-0.39, 0.29) is 11.8 Å². The van der Waals surface area contributed by atoms with Crippen LogP contribution in [0.5, 0.6) is 0 Å². The number of thiazole rings is 1. The largest absolute Gasteiger partial charge is 0.306 e. The van der Waals surface area contributed by atoms with Crippen molar-refractivity contribution in [3.8, 4) is 0 Å². The van der Waals surface area contributed by atoms with Gasteiger partial charge in [-0.15, -0.1) is 11.3 Å². The normalized spacial score (nSPS) is 12.7. The lowest BCUT2D eigenvalue weighted by Gasteiger charge is -2.15. The predicted molar refractivity (Wildman–Crippen MR) is 103 cm³/mol.